The predicted octanol–water partition coefficient (Wildman–Crippen LogP) is 1.30. The number of benzene rings is 1. The molecule has 1 aromatic carbocycles. The topological polar surface area (TPSA) is 57.6 Å². The van der Waals surface area contributed by atoms with Crippen molar-refractivity contribution in [1.29, 1.82) is 0 Å². The van der Waals surface area contributed by atoms with E-state index in [1.54, 1.807) is 18.2 Å². The second-order valence-corrected chi connectivity index (χ2v) is 4.43. The fraction of sp³-hybridized carbons (Fsp3) is 0.385. The number of carboxylic acids is 1. The lowest BCUT2D eigenvalue weighted by Gasteiger charge is -2.15. The highest BCUT2D eigenvalue weighted by atomic mass is 19.1. The van der Waals surface area contributed by atoms with E-state index in [1.165, 1.54) is 11.0 Å². The maximum Gasteiger partial charge on any atom is 0.308 e. The zero-order valence-corrected chi connectivity index (χ0v) is 9.80. The van der Waals surface area contributed by atoms with Gasteiger partial charge in [-0.15, -0.1) is 0 Å². The number of rotatable bonds is 3. The van der Waals surface area contributed by atoms with Gasteiger partial charge in [0.2, 0.25) is 5.91 Å². The largest absolute Gasteiger partial charge is 0.481 e. The van der Waals surface area contributed by atoms with E-state index < -0.39 is 17.7 Å². The molecule has 1 N–H and O–H groups in total. The van der Waals surface area contributed by atoms with Crippen LogP contribution in [0.25, 0.3) is 0 Å². The minimum atomic E-state index is -0.879. The Hall–Kier alpha value is -1.91. The molecule has 0 aromatic heterocycles. The molecule has 5 heteroatoms. The molecule has 1 aliphatic heterocycles. The van der Waals surface area contributed by atoms with Crippen LogP contribution in [0.2, 0.25) is 0 Å². The summed E-state index contributed by atoms with van der Waals surface area (Å²) in [6, 6.07) is 6.12. The summed E-state index contributed by atoms with van der Waals surface area (Å²) in [6.07, 6.45) is 0.456. The van der Waals surface area contributed by atoms with Crippen molar-refractivity contribution in [3.05, 3.63) is 35.6 Å². The molecule has 0 aliphatic carbocycles. The van der Waals surface area contributed by atoms with Crippen molar-refractivity contribution in [2.75, 3.05) is 13.1 Å². The van der Waals surface area contributed by atoms with Crippen LogP contribution in [0.15, 0.2) is 24.3 Å². The summed E-state index contributed by atoms with van der Waals surface area (Å²) >= 11 is 0. The zero-order valence-electron chi connectivity index (χ0n) is 9.80. The summed E-state index contributed by atoms with van der Waals surface area (Å²) < 4.78 is 13.4. The Morgan fingerprint density at radius 1 is 1.39 bits per heavy atom. The first-order valence-electron chi connectivity index (χ1n) is 5.82. The number of hydrogen-bond acceptors (Lipinski definition) is 2. The summed E-state index contributed by atoms with van der Waals surface area (Å²) in [6.45, 7) is 0.660. The van der Waals surface area contributed by atoms with Gasteiger partial charge in [0.05, 0.1) is 12.3 Å². The summed E-state index contributed by atoms with van der Waals surface area (Å²) in [4.78, 5) is 24.2. The van der Waals surface area contributed by atoms with Gasteiger partial charge in [0, 0.05) is 13.1 Å². The van der Waals surface area contributed by atoms with E-state index in [2.05, 4.69) is 0 Å². The van der Waals surface area contributed by atoms with Crippen LogP contribution < -0.4 is 0 Å². The van der Waals surface area contributed by atoms with Crippen molar-refractivity contribution in [3.8, 4) is 0 Å². The Bertz CT molecular complexity index is 475. The zero-order chi connectivity index (χ0) is 13.1. The molecular formula is C13H14FNO3. The minimum absolute atomic E-state index is 0.0149. The number of amides is 1. The Morgan fingerprint density at radius 3 is 2.72 bits per heavy atom. The van der Waals surface area contributed by atoms with Crippen LogP contribution >= 0.6 is 0 Å². The fourth-order valence-electron chi connectivity index (χ4n) is 2.10. The quantitative estimate of drug-likeness (QED) is 0.881. The third-order valence-corrected chi connectivity index (χ3v) is 3.19. The van der Waals surface area contributed by atoms with Gasteiger partial charge in [-0.25, -0.2) is 4.39 Å². The van der Waals surface area contributed by atoms with Gasteiger partial charge < -0.3 is 10.0 Å². The maximum absolute atomic E-state index is 13.4. The van der Waals surface area contributed by atoms with Crippen LogP contribution in [0.3, 0.4) is 0 Å². The van der Waals surface area contributed by atoms with Gasteiger partial charge in [-0.05, 0) is 18.1 Å². The number of hydrogen-bond donors (Lipinski definition) is 1. The molecular weight excluding hydrogens is 237 g/mol. The number of carbonyl (C=O) groups is 2. The highest BCUT2D eigenvalue weighted by Gasteiger charge is 2.30. The predicted molar refractivity (Wildman–Crippen MR) is 62.4 cm³/mol. The number of nitrogens with zero attached hydrogens (tertiary/aromatic N) is 1. The maximum atomic E-state index is 13.4. The molecule has 18 heavy (non-hydrogen) atoms. The standard InChI is InChI=1S/C13H14FNO3/c14-11-4-2-1-3-9(11)7-12(16)15-6-5-10(8-15)13(17)18/h1-4,10H,5-8H2,(H,17,18)/t10-/m0/s1. The van der Waals surface area contributed by atoms with E-state index in [1.807, 2.05) is 0 Å². The van der Waals surface area contributed by atoms with Crippen molar-refractivity contribution >= 4 is 11.9 Å². The van der Waals surface area contributed by atoms with E-state index in [0.29, 0.717) is 18.5 Å². The van der Waals surface area contributed by atoms with Gasteiger partial charge in [0.1, 0.15) is 5.82 Å². The van der Waals surface area contributed by atoms with Crippen LogP contribution in [0.5, 0.6) is 0 Å². The van der Waals surface area contributed by atoms with Crippen LogP contribution in [-0.4, -0.2) is 35.0 Å². The number of halogens is 1. The van der Waals surface area contributed by atoms with Crippen molar-refractivity contribution in [3.63, 3.8) is 0 Å². The molecule has 4 nitrogen and oxygen atoms in total. The number of likely N-dealkylation sites (tertiary alicyclic amines) is 1. The normalized spacial score (nSPS) is 18.9. The van der Waals surface area contributed by atoms with Crippen LogP contribution in [0, 0.1) is 11.7 Å². The van der Waals surface area contributed by atoms with Crippen molar-refractivity contribution < 1.29 is 19.1 Å². The molecule has 1 heterocycles. The number of carboxylic acid groups (broad SMARTS) is 1. The molecule has 0 radical (unpaired) electrons. The van der Waals surface area contributed by atoms with Crippen molar-refractivity contribution in [2.24, 2.45) is 5.92 Å². The van der Waals surface area contributed by atoms with E-state index in [-0.39, 0.29) is 18.9 Å². The van der Waals surface area contributed by atoms with Crippen molar-refractivity contribution in [2.45, 2.75) is 12.8 Å². The van der Waals surface area contributed by atoms with Gasteiger partial charge in [-0.1, -0.05) is 18.2 Å². The Kier molecular flexibility index (Phi) is 3.60. The van der Waals surface area contributed by atoms with Gasteiger partial charge >= 0.3 is 5.97 Å². The number of carbonyl (C=O) groups excluding carboxylic acids is 1. The molecule has 1 atom stereocenters. The second-order valence-electron chi connectivity index (χ2n) is 4.43. The lowest BCUT2D eigenvalue weighted by molar-refractivity contribution is -0.141. The molecule has 1 amide bonds. The summed E-state index contributed by atoms with van der Waals surface area (Å²) in [5.41, 5.74) is 0.348. The third kappa shape index (κ3) is 2.67. The van der Waals surface area contributed by atoms with Gasteiger partial charge in [-0.3, -0.25) is 9.59 Å². The molecule has 0 saturated carbocycles. The van der Waals surface area contributed by atoms with E-state index >= 15 is 0 Å². The van der Waals surface area contributed by atoms with Gasteiger partial charge in [0.15, 0.2) is 0 Å². The molecule has 1 fully saturated rings. The average Bonchev–Trinajstić information content (AvgIpc) is 2.81. The smallest absolute Gasteiger partial charge is 0.308 e. The monoisotopic (exact) mass is 251 g/mol. The fourth-order valence-corrected chi connectivity index (χ4v) is 2.10. The number of aliphatic carboxylic acids is 1. The summed E-state index contributed by atoms with van der Waals surface area (Å²) in [5, 5.41) is 8.85. The molecule has 1 saturated heterocycles. The third-order valence-electron chi connectivity index (χ3n) is 3.19. The lowest BCUT2D eigenvalue weighted by atomic mass is 10.1. The first-order valence-corrected chi connectivity index (χ1v) is 5.82. The van der Waals surface area contributed by atoms with E-state index in [0.717, 1.165) is 0 Å². The van der Waals surface area contributed by atoms with Crippen LogP contribution in [0.1, 0.15) is 12.0 Å². The summed E-state index contributed by atoms with van der Waals surface area (Å²) in [5.74, 6) is -1.99. The van der Waals surface area contributed by atoms with Gasteiger partial charge in [-0.2, -0.15) is 0 Å². The highest BCUT2D eigenvalue weighted by Crippen LogP contribution is 2.18. The molecule has 0 bridgehead atoms. The lowest BCUT2D eigenvalue weighted by Crippen LogP contribution is -2.31. The first-order chi connectivity index (χ1) is 8.58. The summed E-state index contributed by atoms with van der Waals surface area (Å²) in [7, 11) is 0. The van der Waals surface area contributed by atoms with E-state index in [4.69, 9.17) is 5.11 Å². The Balaban J connectivity index is 1.98. The van der Waals surface area contributed by atoms with Crippen LogP contribution in [-0.2, 0) is 16.0 Å². The van der Waals surface area contributed by atoms with E-state index in [9.17, 15) is 14.0 Å². The molecule has 0 spiro atoms. The second kappa shape index (κ2) is 5.16. The molecule has 2 rings (SSSR count). The SMILES string of the molecule is O=C(O)[C@H]1CCN(C(=O)Cc2ccccc2F)C1. The van der Waals surface area contributed by atoms with Gasteiger partial charge in [0.25, 0.3) is 0 Å². The minimum Gasteiger partial charge on any atom is -0.481 e. The van der Waals surface area contributed by atoms with Crippen molar-refractivity contribution in [1.82, 2.24) is 4.90 Å². The molecule has 0 unspecified atom stereocenters. The molecule has 96 valence electrons. The van der Waals surface area contributed by atoms with Crippen LogP contribution in [0.4, 0.5) is 4.39 Å². The molecule has 1 aliphatic rings. The first kappa shape index (κ1) is 12.5. The highest BCUT2D eigenvalue weighted by molar-refractivity contribution is 5.80. The average molecular weight is 251 g/mol. The Morgan fingerprint density at radius 2 is 2.11 bits per heavy atom. The molecule has 1 aromatic rings. The Labute approximate surface area is 104 Å².